The summed E-state index contributed by atoms with van der Waals surface area (Å²) in [6.07, 6.45) is 3.46. The first kappa shape index (κ1) is 14.0. The highest BCUT2D eigenvalue weighted by molar-refractivity contribution is 5.99. The molecule has 0 bridgehead atoms. The largest absolute Gasteiger partial charge is 0.0622 e. The summed E-state index contributed by atoms with van der Waals surface area (Å²) in [5.41, 5.74) is 2.89. The Morgan fingerprint density at radius 1 is 0.522 bits per heavy atom. The Bertz CT molecular complexity index is 936. The zero-order valence-corrected chi connectivity index (χ0v) is 13.2. The van der Waals surface area contributed by atoms with Gasteiger partial charge in [-0.2, -0.15) is 0 Å². The molecule has 0 heterocycles. The van der Waals surface area contributed by atoms with E-state index < -0.39 is 0 Å². The quantitative estimate of drug-likeness (QED) is 0.395. The Morgan fingerprint density at radius 3 is 2.04 bits per heavy atom. The standard InChI is InChI=1S/C23H20/c1-2-8-18(9-3-1)10-6-13-19-14-7-15-22-16-20-11-4-5-12-21(20)17-23(19)22/h1-5,7-9,11-12,14-17H,6,10,13H2. The maximum Gasteiger partial charge on any atom is -0.0146 e. The van der Waals surface area contributed by atoms with Gasteiger partial charge in [-0.05, 0) is 64.1 Å². The summed E-state index contributed by atoms with van der Waals surface area (Å²) in [5.74, 6) is 0. The number of hydrogen-bond acceptors (Lipinski definition) is 0. The normalized spacial score (nSPS) is 11.1. The molecule has 0 saturated heterocycles. The minimum Gasteiger partial charge on any atom is -0.0622 e. The summed E-state index contributed by atoms with van der Waals surface area (Å²) >= 11 is 0. The van der Waals surface area contributed by atoms with Gasteiger partial charge in [-0.15, -0.1) is 0 Å². The van der Waals surface area contributed by atoms with E-state index in [1.807, 2.05) is 0 Å². The van der Waals surface area contributed by atoms with Gasteiger partial charge in [-0.25, -0.2) is 0 Å². The van der Waals surface area contributed by atoms with Gasteiger partial charge in [0.15, 0.2) is 0 Å². The van der Waals surface area contributed by atoms with Crippen molar-refractivity contribution in [2.45, 2.75) is 19.3 Å². The highest BCUT2D eigenvalue weighted by Gasteiger charge is 2.03. The molecule has 0 aliphatic rings. The van der Waals surface area contributed by atoms with Crippen LogP contribution in [-0.4, -0.2) is 0 Å². The van der Waals surface area contributed by atoms with Gasteiger partial charge in [-0.1, -0.05) is 72.8 Å². The van der Waals surface area contributed by atoms with E-state index in [1.54, 1.807) is 0 Å². The molecule has 0 aliphatic heterocycles. The van der Waals surface area contributed by atoms with Crippen molar-refractivity contribution in [3.63, 3.8) is 0 Å². The molecule has 4 aromatic rings. The summed E-state index contributed by atoms with van der Waals surface area (Å²) in [7, 11) is 0. The lowest BCUT2D eigenvalue weighted by atomic mass is 9.96. The Labute approximate surface area is 137 Å². The Kier molecular flexibility index (Phi) is 3.81. The molecule has 0 atom stereocenters. The van der Waals surface area contributed by atoms with Crippen LogP contribution in [0.25, 0.3) is 21.5 Å². The van der Waals surface area contributed by atoms with Crippen molar-refractivity contribution < 1.29 is 0 Å². The molecule has 0 radical (unpaired) electrons. The van der Waals surface area contributed by atoms with Crippen molar-refractivity contribution in [1.82, 2.24) is 0 Å². The molecule has 0 aromatic heterocycles. The van der Waals surface area contributed by atoms with E-state index in [9.17, 15) is 0 Å². The van der Waals surface area contributed by atoms with Crippen LogP contribution in [0.5, 0.6) is 0 Å². The molecular weight excluding hydrogens is 276 g/mol. The molecule has 0 spiro atoms. The Balaban J connectivity index is 1.62. The van der Waals surface area contributed by atoms with E-state index >= 15 is 0 Å². The maximum atomic E-state index is 2.35. The highest BCUT2D eigenvalue weighted by Crippen LogP contribution is 2.26. The van der Waals surface area contributed by atoms with Crippen LogP contribution in [0.15, 0.2) is 84.9 Å². The fraction of sp³-hybridized carbons (Fsp3) is 0.130. The topological polar surface area (TPSA) is 0 Å². The average Bonchev–Trinajstić information content (AvgIpc) is 2.61. The SMILES string of the molecule is c1ccc(CCCc2cccc3cc4ccccc4cc23)cc1. The van der Waals surface area contributed by atoms with Crippen molar-refractivity contribution in [3.05, 3.63) is 96.1 Å². The van der Waals surface area contributed by atoms with E-state index in [0.717, 1.165) is 12.8 Å². The van der Waals surface area contributed by atoms with Gasteiger partial charge in [-0.3, -0.25) is 0 Å². The molecule has 0 N–H and O–H groups in total. The first-order valence-corrected chi connectivity index (χ1v) is 8.34. The molecule has 112 valence electrons. The second-order valence-corrected chi connectivity index (χ2v) is 6.18. The molecule has 0 fully saturated rings. The first-order chi connectivity index (χ1) is 11.4. The van der Waals surface area contributed by atoms with E-state index in [4.69, 9.17) is 0 Å². The maximum absolute atomic E-state index is 2.35. The zero-order valence-electron chi connectivity index (χ0n) is 13.2. The third-order valence-corrected chi connectivity index (χ3v) is 4.59. The second kappa shape index (κ2) is 6.26. The van der Waals surface area contributed by atoms with Crippen LogP contribution in [0.2, 0.25) is 0 Å². The fourth-order valence-corrected chi connectivity index (χ4v) is 3.38. The molecular formula is C23H20. The highest BCUT2D eigenvalue weighted by atomic mass is 14.1. The molecule has 0 unspecified atom stereocenters. The molecule has 0 amide bonds. The molecule has 0 heteroatoms. The molecule has 0 saturated carbocycles. The van der Waals surface area contributed by atoms with Crippen LogP contribution in [0.4, 0.5) is 0 Å². The minimum absolute atomic E-state index is 1.13. The lowest BCUT2D eigenvalue weighted by molar-refractivity contribution is 0.825. The number of benzene rings is 4. The van der Waals surface area contributed by atoms with E-state index in [1.165, 1.54) is 39.1 Å². The molecule has 4 rings (SSSR count). The van der Waals surface area contributed by atoms with Crippen LogP contribution in [-0.2, 0) is 12.8 Å². The van der Waals surface area contributed by atoms with Gasteiger partial charge in [0.25, 0.3) is 0 Å². The van der Waals surface area contributed by atoms with E-state index in [-0.39, 0.29) is 0 Å². The third-order valence-electron chi connectivity index (χ3n) is 4.59. The zero-order chi connectivity index (χ0) is 15.5. The van der Waals surface area contributed by atoms with Crippen molar-refractivity contribution in [2.75, 3.05) is 0 Å². The molecule has 23 heavy (non-hydrogen) atoms. The van der Waals surface area contributed by atoms with Crippen molar-refractivity contribution in [3.8, 4) is 0 Å². The van der Waals surface area contributed by atoms with Gasteiger partial charge in [0.2, 0.25) is 0 Å². The molecule has 0 aliphatic carbocycles. The van der Waals surface area contributed by atoms with Crippen molar-refractivity contribution in [1.29, 1.82) is 0 Å². The number of aryl methyl sites for hydroxylation is 2. The molecule has 0 nitrogen and oxygen atoms in total. The lowest BCUT2D eigenvalue weighted by Gasteiger charge is -2.09. The van der Waals surface area contributed by atoms with Crippen molar-refractivity contribution >= 4 is 21.5 Å². The second-order valence-electron chi connectivity index (χ2n) is 6.18. The van der Waals surface area contributed by atoms with Gasteiger partial charge < -0.3 is 0 Å². The van der Waals surface area contributed by atoms with Crippen molar-refractivity contribution in [2.24, 2.45) is 0 Å². The lowest BCUT2D eigenvalue weighted by Crippen LogP contribution is -1.91. The smallest absolute Gasteiger partial charge is 0.0146 e. The van der Waals surface area contributed by atoms with Crippen LogP contribution in [0.1, 0.15) is 17.5 Å². The summed E-state index contributed by atoms with van der Waals surface area (Å²) in [5, 5.41) is 5.40. The average molecular weight is 296 g/mol. The van der Waals surface area contributed by atoms with Gasteiger partial charge in [0.05, 0.1) is 0 Å². The predicted octanol–water partition coefficient (Wildman–Crippen LogP) is 6.17. The van der Waals surface area contributed by atoms with Gasteiger partial charge in [0, 0.05) is 0 Å². The van der Waals surface area contributed by atoms with E-state index in [0.29, 0.717) is 0 Å². The Morgan fingerprint density at radius 2 is 1.22 bits per heavy atom. The minimum atomic E-state index is 1.13. The predicted molar refractivity (Wildman–Crippen MR) is 99.9 cm³/mol. The molecule has 4 aromatic carbocycles. The summed E-state index contributed by atoms with van der Waals surface area (Å²) in [6, 6.07) is 30.7. The van der Waals surface area contributed by atoms with Crippen LogP contribution in [0, 0.1) is 0 Å². The summed E-state index contributed by atoms with van der Waals surface area (Å²) in [4.78, 5) is 0. The Hall–Kier alpha value is -2.60. The third kappa shape index (κ3) is 2.98. The summed E-state index contributed by atoms with van der Waals surface area (Å²) < 4.78 is 0. The number of hydrogen-bond donors (Lipinski definition) is 0. The van der Waals surface area contributed by atoms with Gasteiger partial charge >= 0.3 is 0 Å². The van der Waals surface area contributed by atoms with Crippen LogP contribution < -0.4 is 0 Å². The fourth-order valence-electron chi connectivity index (χ4n) is 3.38. The van der Waals surface area contributed by atoms with Gasteiger partial charge in [0.1, 0.15) is 0 Å². The summed E-state index contributed by atoms with van der Waals surface area (Å²) in [6.45, 7) is 0. The van der Waals surface area contributed by atoms with E-state index in [2.05, 4.69) is 84.9 Å². The number of fused-ring (bicyclic) bond motifs is 2. The monoisotopic (exact) mass is 296 g/mol. The first-order valence-electron chi connectivity index (χ1n) is 8.34. The number of rotatable bonds is 4. The van der Waals surface area contributed by atoms with Crippen LogP contribution in [0.3, 0.4) is 0 Å². The van der Waals surface area contributed by atoms with Crippen LogP contribution >= 0.6 is 0 Å².